The molecule has 1 heterocycles. The van der Waals surface area contributed by atoms with Gasteiger partial charge in [-0.2, -0.15) is 0 Å². The van der Waals surface area contributed by atoms with Crippen molar-refractivity contribution in [2.75, 3.05) is 7.11 Å². The van der Waals surface area contributed by atoms with E-state index >= 15 is 0 Å². The molecule has 0 atom stereocenters. The molecule has 0 N–H and O–H groups in total. The van der Waals surface area contributed by atoms with Crippen LogP contribution in [-0.4, -0.2) is 25.7 Å². The van der Waals surface area contributed by atoms with Crippen LogP contribution in [0.25, 0.3) is 33.4 Å². The number of ether oxygens (including phenoxy) is 1. The number of hydrogen-bond acceptors (Lipinski definition) is 5. The summed E-state index contributed by atoms with van der Waals surface area (Å²) in [5.74, 6) is -0.398. The molecule has 0 aliphatic rings. The number of hydrogen-bond donors (Lipinski definition) is 0. The van der Waals surface area contributed by atoms with Crippen molar-refractivity contribution >= 4 is 29.5 Å². The SMILES string of the molecule is COC(=O)CCc1cc2oc(-c3ccc(F)cc3)c(C=O)c2cc1-c1cccc(C=O)c1. The van der Waals surface area contributed by atoms with E-state index in [0.29, 0.717) is 46.1 Å². The zero-order valence-electron chi connectivity index (χ0n) is 17.3. The van der Waals surface area contributed by atoms with Crippen LogP contribution < -0.4 is 0 Å². The smallest absolute Gasteiger partial charge is 0.305 e. The predicted molar refractivity (Wildman–Crippen MR) is 118 cm³/mol. The summed E-state index contributed by atoms with van der Waals surface area (Å²) in [6.07, 6.45) is 2.02. The van der Waals surface area contributed by atoms with Gasteiger partial charge in [-0.1, -0.05) is 18.2 Å². The van der Waals surface area contributed by atoms with E-state index in [0.717, 1.165) is 23.0 Å². The molecule has 0 spiro atoms. The molecule has 0 amide bonds. The van der Waals surface area contributed by atoms with Crippen molar-refractivity contribution in [2.24, 2.45) is 0 Å². The summed E-state index contributed by atoms with van der Waals surface area (Å²) in [4.78, 5) is 35.0. The summed E-state index contributed by atoms with van der Waals surface area (Å²) in [6.45, 7) is 0. The van der Waals surface area contributed by atoms with E-state index < -0.39 is 0 Å². The van der Waals surface area contributed by atoms with Gasteiger partial charge in [0.15, 0.2) is 6.29 Å². The molecule has 3 aromatic carbocycles. The Labute approximate surface area is 183 Å². The van der Waals surface area contributed by atoms with Gasteiger partial charge in [-0.25, -0.2) is 4.39 Å². The van der Waals surface area contributed by atoms with Crippen molar-refractivity contribution in [1.82, 2.24) is 0 Å². The first-order valence-electron chi connectivity index (χ1n) is 9.97. The molecule has 0 aliphatic carbocycles. The van der Waals surface area contributed by atoms with E-state index in [1.165, 1.54) is 19.2 Å². The predicted octanol–water partition coefficient (Wildman–Crippen LogP) is 5.64. The van der Waals surface area contributed by atoms with Gasteiger partial charge in [-0.05, 0) is 65.6 Å². The number of rotatable bonds is 7. The summed E-state index contributed by atoms with van der Waals surface area (Å²) in [5.41, 5.74) is 4.27. The first-order chi connectivity index (χ1) is 15.5. The van der Waals surface area contributed by atoms with Crippen LogP contribution in [0.2, 0.25) is 0 Å². The summed E-state index contributed by atoms with van der Waals surface area (Å²) in [5, 5.41) is 0.590. The van der Waals surface area contributed by atoms with Gasteiger partial charge >= 0.3 is 5.97 Å². The van der Waals surface area contributed by atoms with Crippen LogP contribution in [0.4, 0.5) is 4.39 Å². The molecule has 0 unspecified atom stereocenters. The van der Waals surface area contributed by atoms with Crippen molar-refractivity contribution in [3.63, 3.8) is 0 Å². The van der Waals surface area contributed by atoms with E-state index in [-0.39, 0.29) is 18.2 Å². The number of aryl methyl sites for hydroxylation is 1. The number of esters is 1. The fourth-order valence-electron chi connectivity index (χ4n) is 3.73. The average Bonchev–Trinajstić information content (AvgIpc) is 3.19. The van der Waals surface area contributed by atoms with Crippen molar-refractivity contribution in [2.45, 2.75) is 12.8 Å². The van der Waals surface area contributed by atoms with Crippen LogP contribution in [0.1, 0.15) is 32.7 Å². The molecule has 32 heavy (non-hydrogen) atoms. The third-order valence-corrected chi connectivity index (χ3v) is 5.34. The number of aldehydes is 2. The molecule has 4 aromatic rings. The number of methoxy groups -OCH3 is 1. The van der Waals surface area contributed by atoms with Crippen LogP contribution >= 0.6 is 0 Å². The molecule has 4 rings (SSSR count). The Morgan fingerprint density at radius 3 is 2.47 bits per heavy atom. The van der Waals surface area contributed by atoms with Gasteiger partial charge in [-0.15, -0.1) is 0 Å². The molecule has 0 saturated heterocycles. The number of carbonyl (C=O) groups is 3. The highest BCUT2D eigenvalue weighted by Gasteiger charge is 2.19. The van der Waals surface area contributed by atoms with Gasteiger partial charge < -0.3 is 9.15 Å². The van der Waals surface area contributed by atoms with E-state index in [1.54, 1.807) is 36.4 Å². The largest absolute Gasteiger partial charge is 0.469 e. The van der Waals surface area contributed by atoms with Crippen molar-refractivity contribution in [3.8, 4) is 22.5 Å². The van der Waals surface area contributed by atoms with Gasteiger partial charge in [0.25, 0.3) is 0 Å². The quantitative estimate of drug-likeness (QED) is 0.280. The van der Waals surface area contributed by atoms with Gasteiger partial charge in [0.05, 0.1) is 12.7 Å². The van der Waals surface area contributed by atoms with Crippen molar-refractivity contribution in [1.29, 1.82) is 0 Å². The topological polar surface area (TPSA) is 73.6 Å². The molecule has 0 aliphatic heterocycles. The van der Waals surface area contributed by atoms with Crippen LogP contribution in [0, 0.1) is 5.82 Å². The average molecular weight is 430 g/mol. The molecule has 0 radical (unpaired) electrons. The van der Waals surface area contributed by atoms with Crippen molar-refractivity contribution in [3.05, 3.63) is 83.2 Å². The summed E-state index contributed by atoms with van der Waals surface area (Å²) >= 11 is 0. The highest BCUT2D eigenvalue weighted by molar-refractivity contribution is 6.04. The maximum atomic E-state index is 13.4. The fraction of sp³-hybridized carbons (Fsp3) is 0.115. The zero-order chi connectivity index (χ0) is 22.7. The number of halogens is 1. The number of fused-ring (bicyclic) bond motifs is 1. The molecule has 160 valence electrons. The van der Waals surface area contributed by atoms with E-state index in [2.05, 4.69) is 0 Å². The second-order valence-electron chi connectivity index (χ2n) is 7.29. The third kappa shape index (κ3) is 4.07. The lowest BCUT2D eigenvalue weighted by molar-refractivity contribution is -0.140. The minimum absolute atomic E-state index is 0.161. The fourth-order valence-corrected chi connectivity index (χ4v) is 3.73. The highest BCUT2D eigenvalue weighted by atomic mass is 19.1. The number of furan rings is 1. The Hall–Kier alpha value is -4.06. The van der Waals surface area contributed by atoms with E-state index in [9.17, 15) is 18.8 Å². The minimum Gasteiger partial charge on any atom is -0.469 e. The monoisotopic (exact) mass is 430 g/mol. The molecule has 0 fully saturated rings. The van der Waals surface area contributed by atoms with Gasteiger partial charge in [0.2, 0.25) is 0 Å². The number of benzene rings is 3. The lowest BCUT2D eigenvalue weighted by Gasteiger charge is -2.11. The Morgan fingerprint density at radius 1 is 1.00 bits per heavy atom. The maximum absolute atomic E-state index is 13.4. The first-order valence-corrected chi connectivity index (χ1v) is 9.97. The molecule has 6 heteroatoms. The van der Waals surface area contributed by atoms with Crippen molar-refractivity contribution < 1.29 is 27.9 Å². The molecular formula is C26H19FO5. The third-order valence-electron chi connectivity index (χ3n) is 5.34. The van der Waals surface area contributed by atoms with Crippen LogP contribution in [0.5, 0.6) is 0 Å². The van der Waals surface area contributed by atoms with Gasteiger partial charge in [-0.3, -0.25) is 14.4 Å². The lowest BCUT2D eigenvalue weighted by Crippen LogP contribution is -2.03. The zero-order valence-corrected chi connectivity index (χ0v) is 17.3. The van der Waals surface area contributed by atoms with Gasteiger partial charge in [0.1, 0.15) is 23.4 Å². The van der Waals surface area contributed by atoms with Crippen LogP contribution in [0.3, 0.4) is 0 Å². The Bertz CT molecular complexity index is 1320. The Morgan fingerprint density at radius 2 is 1.78 bits per heavy atom. The minimum atomic E-state index is -0.389. The second kappa shape index (κ2) is 8.98. The lowest BCUT2D eigenvalue weighted by atomic mass is 9.93. The molecule has 0 saturated carbocycles. The van der Waals surface area contributed by atoms with Gasteiger partial charge in [0, 0.05) is 22.9 Å². The summed E-state index contributed by atoms with van der Waals surface area (Å²) in [7, 11) is 1.33. The highest BCUT2D eigenvalue weighted by Crippen LogP contribution is 2.37. The molecule has 1 aromatic heterocycles. The molecular weight excluding hydrogens is 411 g/mol. The van der Waals surface area contributed by atoms with E-state index in [1.807, 2.05) is 12.1 Å². The maximum Gasteiger partial charge on any atom is 0.305 e. The standard InChI is InChI=1S/C26H19FO5/c1-31-25(30)10-7-19-12-24-22(13-21(19)18-4-2-3-16(11-18)14-28)23(15-29)26(32-24)17-5-8-20(27)9-6-17/h2-6,8-9,11-15H,7,10H2,1H3. The Kier molecular flexibility index (Phi) is 5.94. The van der Waals surface area contributed by atoms with E-state index in [4.69, 9.17) is 9.15 Å². The first kappa shape index (κ1) is 21.2. The summed E-state index contributed by atoms with van der Waals surface area (Å²) in [6, 6.07) is 16.4. The molecule has 0 bridgehead atoms. The van der Waals surface area contributed by atoms with Crippen LogP contribution in [-0.2, 0) is 16.0 Å². The molecule has 5 nitrogen and oxygen atoms in total. The second-order valence-corrected chi connectivity index (χ2v) is 7.29. The Balaban J connectivity index is 1.92. The van der Waals surface area contributed by atoms with Crippen LogP contribution in [0.15, 0.2) is 65.1 Å². The number of carbonyl (C=O) groups excluding carboxylic acids is 3. The summed E-state index contributed by atoms with van der Waals surface area (Å²) < 4.78 is 24.1. The normalized spacial score (nSPS) is 10.8.